The molecule has 2 aromatic carbocycles. The van der Waals surface area contributed by atoms with Gasteiger partial charge in [0.05, 0.1) is 21.6 Å². The largest absolute Gasteiger partial charge is 0.505 e. The third-order valence-electron chi connectivity index (χ3n) is 6.40. The number of halogens is 4. The number of carbonyl (C=O) groups is 2. The first-order chi connectivity index (χ1) is 20.8. The fraction of sp³-hybridized carbons (Fsp3) is 0.200. The van der Waals surface area contributed by atoms with Crippen molar-refractivity contribution in [3.05, 3.63) is 76.2 Å². The standard InChI is InChI=1S/C30H25Br4N3O6S/c1-13(2)9-21(38)35-7-4-8-36-30(44)37-14-5-6-15(29(41)42-3)16(10-14)22-17-11-19(31)25(39)23(33)27(17)43-28-18(22)12-20(32)26(40)24(28)34/h5-6,10-12,39H,1,4,7-9H2,2-3H3,(H,35,38)(H2,36,37,44). The van der Waals surface area contributed by atoms with E-state index in [2.05, 4.69) is 86.2 Å². The van der Waals surface area contributed by atoms with Gasteiger partial charge in [0.25, 0.3) is 0 Å². The van der Waals surface area contributed by atoms with Crippen molar-refractivity contribution in [2.45, 2.75) is 19.8 Å². The number of ether oxygens (including phenoxy) is 1. The Hall–Kier alpha value is -2.78. The van der Waals surface area contributed by atoms with E-state index >= 15 is 0 Å². The summed E-state index contributed by atoms with van der Waals surface area (Å²) in [6, 6.07) is 8.34. The molecule has 1 amide bonds. The quantitative estimate of drug-likeness (QED) is 0.0437. The summed E-state index contributed by atoms with van der Waals surface area (Å²) in [5.74, 6) is -0.550. The van der Waals surface area contributed by atoms with Crippen molar-refractivity contribution in [2.24, 2.45) is 0 Å². The number of benzene rings is 3. The van der Waals surface area contributed by atoms with Gasteiger partial charge < -0.3 is 30.2 Å². The molecule has 44 heavy (non-hydrogen) atoms. The number of hydrogen-bond donors (Lipinski definition) is 4. The van der Waals surface area contributed by atoms with Crippen molar-refractivity contribution in [3.63, 3.8) is 0 Å². The minimum atomic E-state index is -0.585. The smallest absolute Gasteiger partial charge is 0.338 e. The number of phenolic OH excluding ortho intramolecular Hbond substituents is 1. The lowest BCUT2D eigenvalue weighted by molar-refractivity contribution is -0.120. The normalized spacial score (nSPS) is 11.0. The third kappa shape index (κ3) is 7.36. The Balaban J connectivity index is 1.77. The summed E-state index contributed by atoms with van der Waals surface area (Å²) < 4.78 is 12.3. The van der Waals surface area contributed by atoms with Crippen LogP contribution in [-0.2, 0) is 9.53 Å². The Morgan fingerprint density at radius 2 is 1.73 bits per heavy atom. The van der Waals surface area contributed by atoms with E-state index in [0.717, 1.165) is 5.57 Å². The molecular weight excluding hydrogens is 850 g/mol. The first-order valence-corrected chi connectivity index (χ1v) is 16.6. The molecule has 2 aromatic rings. The number of hydrogen-bond acceptors (Lipinski definition) is 7. The van der Waals surface area contributed by atoms with Crippen molar-refractivity contribution in [1.82, 2.24) is 10.6 Å². The van der Waals surface area contributed by atoms with Gasteiger partial charge in [-0.3, -0.25) is 9.59 Å². The summed E-state index contributed by atoms with van der Waals surface area (Å²) in [7, 11) is 1.29. The molecule has 0 spiro atoms. The molecule has 1 aliphatic carbocycles. The van der Waals surface area contributed by atoms with Gasteiger partial charge in [0.1, 0.15) is 14.7 Å². The Morgan fingerprint density at radius 3 is 2.41 bits per heavy atom. The van der Waals surface area contributed by atoms with Crippen LogP contribution in [0.3, 0.4) is 0 Å². The minimum Gasteiger partial charge on any atom is -0.505 e. The molecule has 0 saturated heterocycles. The van der Waals surface area contributed by atoms with E-state index in [1.165, 1.54) is 7.11 Å². The first-order valence-electron chi connectivity index (χ1n) is 13.0. The number of aromatic hydroxyl groups is 1. The highest BCUT2D eigenvalue weighted by Gasteiger charge is 2.28. The average Bonchev–Trinajstić information content (AvgIpc) is 2.97. The van der Waals surface area contributed by atoms with E-state index < -0.39 is 5.97 Å². The number of anilines is 1. The van der Waals surface area contributed by atoms with Gasteiger partial charge >= 0.3 is 5.97 Å². The predicted octanol–water partition coefficient (Wildman–Crippen LogP) is 7.87. The molecule has 0 radical (unpaired) electrons. The number of methoxy groups -OCH3 is 1. The summed E-state index contributed by atoms with van der Waals surface area (Å²) in [6.45, 7) is 6.53. The second kappa shape index (κ2) is 14.5. The fourth-order valence-electron chi connectivity index (χ4n) is 4.43. The Bertz CT molecular complexity index is 1860. The lowest BCUT2D eigenvalue weighted by Gasteiger charge is -2.20. The average molecular weight is 875 g/mol. The highest BCUT2D eigenvalue weighted by atomic mass is 79.9. The summed E-state index contributed by atoms with van der Waals surface area (Å²) in [5.41, 5.74) is 3.03. The third-order valence-corrected chi connectivity index (χ3v) is 9.29. The van der Waals surface area contributed by atoms with Crippen molar-refractivity contribution >= 4 is 110 Å². The summed E-state index contributed by atoms with van der Waals surface area (Å²) in [6.07, 6.45) is 0.933. The lowest BCUT2D eigenvalue weighted by Crippen LogP contribution is -2.32. The fourth-order valence-corrected chi connectivity index (χ4v) is 7.05. The number of fused-ring (bicyclic) bond motifs is 2. The van der Waals surface area contributed by atoms with Gasteiger partial charge in [0.2, 0.25) is 11.3 Å². The lowest BCUT2D eigenvalue weighted by atomic mass is 9.90. The van der Waals surface area contributed by atoms with E-state index in [1.807, 2.05) is 0 Å². The second-order valence-electron chi connectivity index (χ2n) is 9.72. The van der Waals surface area contributed by atoms with Crippen molar-refractivity contribution < 1.29 is 23.8 Å². The van der Waals surface area contributed by atoms with Crippen LogP contribution in [-0.4, -0.2) is 42.3 Å². The molecule has 0 aromatic heterocycles. The zero-order valence-corrected chi connectivity index (χ0v) is 30.5. The van der Waals surface area contributed by atoms with Crippen LogP contribution < -0.4 is 21.4 Å². The zero-order valence-electron chi connectivity index (χ0n) is 23.3. The molecule has 0 fully saturated rings. The molecule has 230 valence electrons. The monoisotopic (exact) mass is 871 g/mol. The number of rotatable bonds is 9. The summed E-state index contributed by atoms with van der Waals surface area (Å²) in [5, 5.41) is 20.6. The molecule has 1 heterocycles. The molecule has 4 rings (SSSR count). The second-order valence-corrected chi connectivity index (χ2v) is 13.4. The number of nitrogens with one attached hydrogen (secondary N) is 3. The molecule has 0 saturated carbocycles. The van der Waals surface area contributed by atoms with Crippen molar-refractivity contribution in [1.29, 1.82) is 0 Å². The zero-order chi connectivity index (χ0) is 32.3. The summed E-state index contributed by atoms with van der Waals surface area (Å²) in [4.78, 5) is 37.7. The molecule has 1 aliphatic heterocycles. The Morgan fingerprint density at radius 1 is 1.02 bits per heavy atom. The molecule has 14 heteroatoms. The number of phenols is 1. The maximum Gasteiger partial charge on any atom is 0.338 e. The van der Waals surface area contributed by atoms with Crippen LogP contribution in [0.1, 0.15) is 30.1 Å². The van der Waals surface area contributed by atoms with E-state index in [9.17, 15) is 19.5 Å². The highest BCUT2D eigenvalue weighted by molar-refractivity contribution is 9.11. The Labute approximate surface area is 291 Å². The van der Waals surface area contributed by atoms with E-state index in [1.54, 1.807) is 37.3 Å². The molecule has 9 nitrogen and oxygen atoms in total. The molecule has 0 bridgehead atoms. The van der Waals surface area contributed by atoms with Crippen LogP contribution in [0, 0.1) is 0 Å². The van der Waals surface area contributed by atoms with Gasteiger partial charge in [0, 0.05) is 41.7 Å². The number of carbonyl (C=O) groups excluding carboxylic acids is 2. The van der Waals surface area contributed by atoms with E-state index in [4.69, 9.17) is 21.4 Å². The number of amides is 1. The van der Waals surface area contributed by atoms with Crippen LogP contribution in [0.4, 0.5) is 5.69 Å². The maximum atomic E-state index is 13.0. The molecule has 0 atom stereocenters. The van der Waals surface area contributed by atoms with E-state index in [0.29, 0.717) is 63.3 Å². The Kier molecular flexibility index (Phi) is 11.3. The number of thiocarbonyl (C=S) groups is 1. The van der Waals surface area contributed by atoms with Crippen LogP contribution in [0.5, 0.6) is 5.75 Å². The predicted molar refractivity (Wildman–Crippen MR) is 190 cm³/mol. The SMILES string of the molecule is C=C(C)CC(=O)NCCCNC(=S)Nc1ccc(C(=O)OC)c(-c2c3cc(Br)c(=O)c(Br)c-3oc3c(Br)c(O)c(Br)cc23)c1. The molecular formula is C30H25Br4N3O6S. The first kappa shape index (κ1) is 34.1. The molecule has 4 N–H and O–H groups in total. The summed E-state index contributed by atoms with van der Waals surface area (Å²) >= 11 is 19.0. The maximum absolute atomic E-state index is 13.0. The van der Waals surface area contributed by atoms with Crippen molar-refractivity contribution in [2.75, 3.05) is 25.5 Å². The van der Waals surface area contributed by atoms with Gasteiger partial charge in [-0.25, -0.2) is 4.79 Å². The van der Waals surface area contributed by atoms with Gasteiger partial charge in [-0.2, -0.15) is 0 Å². The molecule has 2 aliphatic rings. The number of esters is 1. The van der Waals surface area contributed by atoms with Crippen LogP contribution in [0.2, 0.25) is 0 Å². The topological polar surface area (TPSA) is 130 Å². The minimum absolute atomic E-state index is 0.0787. The van der Waals surface area contributed by atoms with E-state index in [-0.39, 0.29) is 47.4 Å². The van der Waals surface area contributed by atoms with Crippen LogP contribution in [0.25, 0.3) is 33.4 Å². The van der Waals surface area contributed by atoms with Crippen LogP contribution in [0.15, 0.2) is 69.6 Å². The van der Waals surface area contributed by atoms with Gasteiger partial charge in [0.15, 0.2) is 16.5 Å². The van der Waals surface area contributed by atoms with Crippen molar-refractivity contribution in [3.8, 4) is 28.2 Å². The highest BCUT2D eigenvalue weighted by Crippen LogP contribution is 2.49. The van der Waals surface area contributed by atoms with Gasteiger partial charge in [-0.05, 0) is 125 Å². The molecule has 0 unspecified atom stereocenters. The van der Waals surface area contributed by atoms with Gasteiger partial charge in [-0.1, -0.05) is 12.2 Å². The van der Waals surface area contributed by atoms with Crippen LogP contribution >= 0.6 is 75.9 Å². The van der Waals surface area contributed by atoms with Gasteiger partial charge in [-0.15, -0.1) is 0 Å².